The van der Waals surface area contributed by atoms with Crippen LogP contribution in [-0.4, -0.2) is 78.2 Å². The largest absolute Gasteiger partial charge is 0.497 e. The van der Waals surface area contributed by atoms with E-state index in [9.17, 15) is 4.39 Å². The average Bonchev–Trinajstić information content (AvgIpc) is 3.58. The number of para-hydroxylation sites is 1. The van der Waals surface area contributed by atoms with Crippen molar-refractivity contribution in [1.82, 2.24) is 25.1 Å². The molecule has 5 rings (SSSR count). The Morgan fingerprint density at radius 2 is 1.91 bits per heavy atom. The minimum absolute atomic E-state index is 0.100. The normalized spacial score (nSPS) is 19.6. The molecule has 186 valence electrons. The summed E-state index contributed by atoms with van der Waals surface area (Å²) >= 11 is 0. The molecule has 0 aliphatic carbocycles. The van der Waals surface area contributed by atoms with Crippen LogP contribution in [0.15, 0.2) is 42.5 Å². The second-order valence-corrected chi connectivity index (χ2v) is 8.84. The Bertz CT molecular complexity index is 1130. The fraction of sp³-hybridized carbons (Fsp3) is 0.480. The van der Waals surface area contributed by atoms with E-state index in [1.165, 1.54) is 6.07 Å². The third-order valence-electron chi connectivity index (χ3n) is 6.81. The summed E-state index contributed by atoms with van der Waals surface area (Å²) in [7, 11) is 3.31. The number of anilines is 1. The summed E-state index contributed by atoms with van der Waals surface area (Å²) in [5, 5.41) is 12.8. The highest BCUT2D eigenvalue weighted by atomic mass is 19.1. The fourth-order valence-corrected chi connectivity index (χ4v) is 5.00. The molecule has 0 amide bonds. The third kappa shape index (κ3) is 4.94. The van der Waals surface area contributed by atoms with Crippen molar-refractivity contribution in [3.05, 3.63) is 59.7 Å². The van der Waals surface area contributed by atoms with Gasteiger partial charge in [-0.25, -0.2) is 9.07 Å². The van der Waals surface area contributed by atoms with Crippen LogP contribution in [0.25, 0.3) is 0 Å². The lowest BCUT2D eigenvalue weighted by atomic mass is 10.0. The Balaban J connectivity index is 1.47. The van der Waals surface area contributed by atoms with Gasteiger partial charge in [0.15, 0.2) is 5.82 Å². The first kappa shape index (κ1) is 23.5. The van der Waals surface area contributed by atoms with Crippen LogP contribution in [0.5, 0.6) is 11.5 Å². The van der Waals surface area contributed by atoms with E-state index < -0.39 is 0 Å². The summed E-state index contributed by atoms with van der Waals surface area (Å²) in [6.45, 7) is 4.12. The smallest absolute Gasteiger partial charge is 0.173 e. The van der Waals surface area contributed by atoms with Gasteiger partial charge in [-0.3, -0.25) is 4.90 Å². The first-order valence-corrected chi connectivity index (χ1v) is 12.0. The summed E-state index contributed by atoms with van der Waals surface area (Å²) in [6.07, 6.45) is 2.14. The van der Waals surface area contributed by atoms with Crippen LogP contribution in [0, 0.1) is 5.82 Å². The predicted molar refractivity (Wildman–Crippen MR) is 128 cm³/mol. The quantitative estimate of drug-likeness (QED) is 0.485. The van der Waals surface area contributed by atoms with Crippen molar-refractivity contribution in [2.75, 3.05) is 51.9 Å². The molecule has 3 heterocycles. The molecule has 10 heteroatoms. The Labute approximate surface area is 204 Å². The van der Waals surface area contributed by atoms with Crippen LogP contribution in [0.4, 0.5) is 10.1 Å². The standard InChI is InChI=1S/C25H31FN6O3/c1-33-18-9-10-23(34-2)20(16-18)24(25-27-28-29-32(25)17-19-6-5-15-35-19)31-13-11-30(12-14-31)22-8-4-3-7-21(22)26/h3-4,7-10,16,19,24H,5-6,11-15,17H2,1-2H3/t19-,24+/m1/s1. The van der Waals surface area contributed by atoms with E-state index in [0.717, 1.165) is 42.3 Å². The maximum Gasteiger partial charge on any atom is 0.173 e. The van der Waals surface area contributed by atoms with Gasteiger partial charge >= 0.3 is 0 Å². The van der Waals surface area contributed by atoms with Gasteiger partial charge < -0.3 is 19.1 Å². The minimum atomic E-state index is -0.265. The number of benzene rings is 2. The van der Waals surface area contributed by atoms with Gasteiger partial charge in [0.05, 0.1) is 32.6 Å². The molecule has 9 nitrogen and oxygen atoms in total. The fourth-order valence-electron chi connectivity index (χ4n) is 5.00. The van der Waals surface area contributed by atoms with Crippen LogP contribution in [-0.2, 0) is 11.3 Å². The van der Waals surface area contributed by atoms with Crippen LogP contribution in [0.1, 0.15) is 30.3 Å². The van der Waals surface area contributed by atoms with Gasteiger partial charge in [-0.1, -0.05) is 12.1 Å². The Hall–Kier alpha value is -3.24. The highest BCUT2D eigenvalue weighted by molar-refractivity contribution is 5.48. The second kappa shape index (κ2) is 10.6. The van der Waals surface area contributed by atoms with Gasteiger partial charge in [-0.05, 0) is 53.6 Å². The molecule has 2 fully saturated rings. The van der Waals surface area contributed by atoms with Gasteiger partial charge in [0, 0.05) is 38.3 Å². The summed E-state index contributed by atoms with van der Waals surface area (Å²) < 4.78 is 33.4. The number of ether oxygens (including phenoxy) is 3. The number of rotatable bonds is 8. The number of piperazine rings is 1. The van der Waals surface area contributed by atoms with Gasteiger partial charge in [-0.15, -0.1) is 5.10 Å². The average molecular weight is 483 g/mol. The topological polar surface area (TPSA) is 77.8 Å². The van der Waals surface area contributed by atoms with E-state index >= 15 is 0 Å². The van der Waals surface area contributed by atoms with E-state index in [0.29, 0.717) is 38.4 Å². The highest BCUT2D eigenvalue weighted by Crippen LogP contribution is 2.37. The first-order valence-electron chi connectivity index (χ1n) is 12.0. The molecule has 0 unspecified atom stereocenters. The van der Waals surface area contributed by atoms with E-state index in [1.807, 2.05) is 35.0 Å². The SMILES string of the molecule is COc1ccc(OC)c([C@@H](c2nnnn2C[C@H]2CCCO2)N2CCN(c3ccccc3F)CC2)c1. The molecule has 2 aliphatic rings. The maximum absolute atomic E-state index is 14.4. The molecular weight excluding hydrogens is 451 g/mol. The lowest BCUT2D eigenvalue weighted by Gasteiger charge is -2.40. The van der Waals surface area contributed by atoms with Crippen LogP contribution in [0.3, 0.4) is 0 Å². The molecule has 2 aromatic carbocycles. The number of hydrogen-bond acceptors (Lipinski definition) is 8. The van der Waals surface area contributed by atoms with Crippen molar-refractivity contribution in [3.63, 3.8) is 0 Å². The predicted octanol–water partition coefficient (Wildman–Crippen LogP) is 2.92. The van der Waals surface area contributed by atoms with Gasteiger partial charge in [0.2, 0.25) is 0 Å². The van der Waals surface area contributed by atoms with Crippen molar-refractivity contribution in [3.8, 4) is 11.5 Å². The third-order valence-corrected chi connectivity index (χ3v) is 6.81. The summed E-state index contributed by atoms with van der Waals surface area (Å²) in [5.74, 6) is 1.99. The van der Waals surface area contributed by atoms with E-state index in [1.54, 1.807) is 20.3 Å². The zero-order valence-corrected chi connectivity index (χ0v) is 20.1. The van der Waals surface area contributed by atoms with Gasteiger partial charge in [-0.2, -0.15) is 0 Å². The van der Waals surface area contributed by atoms with Crippen molar-refractivity contribution >= 4 is 5.69 Å². The van der Waals surface area contributed by atoms with Crippen molar-refractivity contribution in [1.29, 1.82) is 0 Å². The lowest BCUT2D eigenvalue weighted by molar-refractivity contribution is 0.0906. The Morgan fingerprint density at radius 1 is 1.09 bits per heavy atom. The van der Waals surface area contributed by atoms with E-state index in [4.69, 9.17) is 14.2 Å². The Morgan fingerprint density at radius 3 is 2.63 bits per heavy atom. The molecule has 35 heavy (non-hydrogen) atoms. The lowest BCUT2D eigenvalue weighted by Crippen LogP contribution is -2.48. The summed E-state index contributed by atoms with van der Waals surface area (Å²) in [5.41, 5.74) is 1.56. The van der Waals surface area contributed by atoms with Crippen LogP contribution in [0.2, 0.25) is 0 Å². The molecule has 0 bridgehead atoms. The number of hydrogen-bond donors (Lipinski definition) is 0. The van der Waals surface area contributed by atoms with Crippen LogP contribution >= 0.6 is 0 Å². The van der Waals surface area contributed by atoms with Gasteiger partial charge in [0.25, 0.3) is 0 Å². The van der Waals surface area contributed by atoms with Crippen LogP contribution < -0.4 is 14.4 Å². The zero-order chi connectivity index (χ0) is 24.2. The monoisotopic (exact) mass is 482 g/mol. The Kier molecular flexibility index (Phi) is 7.10. The number of aromatic nitrogens is 4. The molecule has 3 aromatic rings. The number of methoxy groups -OCH3 is 2. The molecule has 0 radical (unpaired) electrons. The molecule has 2 atom stereocenters. The summed E-state index contributed by atoms with van der Waals surface area (Å²) in [6, 6.07) is 12.4. The molecule has 1 aromatic heterocycles. The number of halogens is 1. The summed E-state index contributed by atoms with van der Waals surface area (Å²) in [4.78, 5) is 4.41. The molecule has 2 aliphatic heterocycles. The molecule has 0 saturated carbocycles. The molecule has 0 N–H and O–H groups in total. The number of tetrazole rings is 1. The van der Waals surface area contributed by atoms with Crippen molar-refractivity contribution in [2.45, 2.75) is 31.5 Å². The van der Waals surface area contributed by atoms with Crippen molar-refractivity contribution in [2.24, 2.45) is 0 Å². The molecular formula is C25H31FN6O3. The van der Waals surface area contributed by atoms with Crippen molar-refractivity contribution < 1.29 is 18.6 Å². The van der Waals surface area contributed by atoms with E-state index in [-0.39, 0.29) is 18.0 Å². The van der Waals surface area contributed by atoms with Gasteiger partial charge in [0.1, 0.15) is 23.4 Å². The number of nitrogens with zero attached hydrogens (tertiary/aromatic N) is 6. The minimum Gasteiger partial charge on any atom is -0.497 e. The maximum atomic E-state index is 14.4. The second-order valence-electron chi connectivity index (χ2n) is 8.84. The highest BCUT2D eigenvalue weighted by Gasteiger charge is 2.34. The molecule has 2 saturated heterocycles. The first-order chi connectivity index (χ1) is 17.2. The zero-order valence-electron chi connectivity index (χ0n) is 20.1. The van der Waals surface area contributed by atoms with E-state index in [2.05, 4.69) is 25.3 Å². The molecule has 0 spiro atoms.